The molecule has 1 aromatic carbocycles. The van der Waals surface area contributed by atoms with Gasteiger partial charge in [-0.3, -0.25) is 10.1 Å². The van der Waals surface area contributed by atoms with Gasteiger partial charge in [-0.15, -0.1) is 0 Å². The third-order valence-corrected chi connectivity index (χ3v) is 2.09. The van der Waals surface area contributed by atoms with Crippen molar-refractivity contribution < 1.29 is 14.8 Å². The minimum Gasteiger partial charge on any atom is -0.490 e. The maximum absolute atomic E-state index is 10.7. The quantitative estimate of drug-likeness (QED) is 0.604. The van der Waals surface area contributed by atoms with Crippen LogP contribution >= 0.6 is 0 Å². The fourth-order valence-corrected chi connectivity index (χ4v) is 1.30. The predicted molar refractivity (Wildman–Crippen MR) is 54.8 cm³/mol. The number of nitro benzene ring substituents is 1. The molecule has 81 valence electrons. The molecule has 15 heavy (non-hydrogen) atoms. The molecular weight excluding hydrogens is 198 g/mol. The summed E-state index contributed by atoms with van der Waals surface area (Å²) in [6, 6.07) is 4.61. The van der Waals surface area contributed by atoms with Gasteiger partial charge in [0.2, 0.25) is 5.75 Å². The lowest BCUT2D eigenvalue weighted by Crippen LogP contribution is -2.04. The van der Waals surface area contributed by atoms with Crippen LogP contribution in [0.4, 0.5) is 5.69 Å². The Morgan fingerprint density at radius 3 is 2.73 bits per heavy atom. The van der Waals surface area contributed by atoms with E-state index in [-0.39, 0.29) is 18.0 Å². The Labute approximate surface area is 87.5 Å². The Hall–Kier alpha value is -1.62. The van der Waals surface area contributed by atoms with Gasteiger partial charge in [0.15, 0.2) is 0 Å². The Balaban J connectivity index is 3.28. The molecule has 1 radical (unpaired) electrons. The van der Waals surface area contributed by atoms with Gasteiger partial charge in [0.1, 0.15) is 0 Å². The van der Waals surface area contributed by atoms with Crippen LogP contribution in [0.25, 0.3) is 0 Å². The zero-order valence-corrected chi connectivity index (χ0v) is 8.56. The highest BCUT2D eigenvalue weighted by Gasteiger charge is 2.21. The number of benzene rings is 1. The zero-order chi connectivity index (χ0) is 11.4. The molecule has 0 unspecified atom stereocenters. The molecule has 0 fully saturated rings. The minimum atomic E-state index is -0.507. The Kier molecular flexibility index (Phi) is 3.62. The molecule has 1 rings (SSSR count). The summed E-state index contributed by atoms with van der Waals surface area (Å²) in [6.07, 6.45) is 0. The third-order valence-electron chi connectivity index (χ3n) is 2.09. The first kappa shape index (κ1) is 11.5. The monoisotopic (exact) mass is 210 g/mol. The maximum Gasteiger partial charge on any atom is 0.311 e. The van der Waals surface area contributed by atoms with Gasteiger partial charge < -0.3 is 9.84 Å². The van der Waals surface area contributed by atoms with Crippen molar-refractivity contribution in [2.75, 3.05) is 13.7 Å². The third kappa shape index (κ3) is 2.24. The molecule has 0 bridgehead atoms. The van der Waals surface area contributed by atoms with Crippen molar-refractivity contribution in [2.24, 2.45) is 0 Å². The van der Waals surface area contributed by atoms with Gasteiger partial charge in [-0.05, 0) is 0 Å². The van der Waals surface area contributed by atoms with Crippen molar-refractivity contribution in [3.8, 4) is 5.75 Å². The molecule has 0 spiro atoms. The van der Waals surface area contributed by atoms with Crippen LogP contribution in [-0.4, -0.2) is 23.7 Å². The van der Waals surface area contributed by atoms with E-state index in [1.165, 1.54) is 13.2 Å². The van der Waals surface area contributed by atoms with E-state index in [0.29, 0.717) is 11.5 Å². The first-order valence-corrected chi connectivity index (χ1v) is 4.36. The summed E-state index contributed by atoms with van der Waals surface area (Å²) in [5.74, 6) is 0.824. The lowest BCUT2D eigenvalue weighted by molar-refractivity contribution is -0.385. The highest BCUT2D eigenvalue weighted by molar-refractivity contribution is 5.56. The van der Waals surface area contributed by atoms with Crippen LogP contribution in [0.2, 0.25) is 0 Å². The van der Waals surface area contributed by atoms with Crippen molar-refractivity contribution in [2.45, 2.75) is 6.92 Å². The van der Waals surface area contributed by atoms with Crippen LogP contribution < -0.4 is 4.74 Å². The van der Waals surface area contributed by atoms with E-state index in [1.807, 2.05) is 0 Å². The number of hydrogen-bond acceptors (Lipinski definition) is 4. The number of methoxy groups -OCH3 is 1. The Bertz CT molecular complexity index is 364. The zero-order valence-electron chi connectivity index (χ0n) is 8.56. The van der Waals surface area contributed by atoms with Gasteiger partial charge in [0, 0.05) is 17.5 Å². The summed E-state index contributed by atoms with van der Waals surface area (Å²) < 4.78 is 4.99. The van der Waals surface area contributed by atoms with Gasteiger partial charge in [-0.1, -0.05) is 19.1 Å². The van der Waals surface area contributed by atoms with E-state index < -0.39 is 4.92 Å². The second kappa shape index (κ2) is 4.75. The summed E-state index contributed by atoms with van der Waals surface area (Å²) in [5.41, 5.74) is 0.469. The number of para-hydroxylation sites is 1. The largest absolute Gasteiger partial charge is 0.490 e. The first-order valence-electron chi connectivity index (χ1n) is 4.36. The average molecular weight is 210 g/mol. The van der Waals surface area contributed by atoms with Gasteiger partial charge in [-0.25, -0.2) is 0 Å². The molecule has 0 saturated heterocycles. The normalized spacial score (nSPS) is 10.4. The summed E-state index contributed by atoms with van der Waals surface area (Å²) >= 11 is 0. The van der Waals surface area contributed by atoms with E-state index in [4.69, 9.17) is 9.84 Å². The number of ether oxygens (including phenoxy) is 1. The topological polar surface area (TPSA) is 72.6 Å². The molecule has 0 saturated carbocycles. The van der Waals surface area contributed by atoms with E-state index in [1.54, 1.807) is 19.1 Å². The van der Waals surface area contributed by atoms with Gasteiger partial charge in [0.25, 0.3) is 0 Å². The van der Waals surface area contributed by atoms with E-state index in [0.717, 1.165) is 0 Å². The second-order valence-electron chi connectivity index (χ2n) is 3.05. The van der Waals surface area contributed by atoms with Gasteiger partial charge in [-0.2, -0.15) is 0 Å². The molecule has 0 aliphatic carbocycles. The van der Waals surface area contributed by atoms with Crippen LogP contribution in [0.15, 0.2) is 18.2 Å². The maximum atomic E-state index is 10.7. The fraction of sp³-hybridized carbons (Fsp3) is 0.300. The second-order valence-corrected chi connectivity index (χ2v) is 3.05. The molecule has 0 aliphatic heterocycles. The van der Waals surface area contributed by atoms with Crippen LogP contribution in [0.1, 0.15) is 12.5 Å². The molecule has 0 aliphatic rings. The summed E-state index contributed by atoms with van der Waals surface area (Å²) in [6.45, 7) is 1.54. The van der Waals surface area contributed by atoms with Gasteiger partial charge >= 0.3 is 5.69 Å². The number of hydrogen-bond donors (Lipinski definition) is 1. The molecule has 0 atom stereocenters. The smallest absolute Gasteiger partial charge is 0.311 e. The summed E-state index contributed by atoms with van der Waals surface area (Å²) in [5, 5.41) is 19.7. The molecule has 0 amide bonds. The summed E-state index contributed by atoms with van der Waals surface area (Å²) in [4.78, 5) is 10.2. The van der Waals surface area contributed by atoms with Crippen molar-refractivity contribution in [1.82, 2.24) is 0 Å². The molecule has 5 nitrogen and oxygen atoms in total. The van der Waals surface area contributed by atoms with Crippen LogP contribution in [-0.2, 0) is 0 Å². The SMILES string of the molecule is COc1c([C](C)CO)cccc1[N+](=O)[O-]. The van der Waals surface area contributed by atoms with Crippen LogP contribution in [0.3, 0.4) is 0 Å². The van der Waals surface area contributed by atoms with E-state index >= 15 is 0 Å². The van der Waals surface area contributed by atoms with Crippen molar-refractivity contribution >= 4 is 5.69 Å². The number of nitrogens with zero attached hydrogens (tertiary/aromatic N) is 1. The predicted octanol–water partition coefficient (Wildman–Crippen LogP) is 1.54. The van der Waals surface area contributed by atoms with Crippen molar-refractivity contribution in [3.63, 3.8) is 0 Å². The fourth-order valence-electron chi connectivity index (χ4n) is 1.30. The minimum absolute atomic E-state index is 0.0946. The van der Waals surface area contributed by atoms with E-state index in [9.17, 15) is 10.1 Å². The highest BCUT2D eigenvalue weighted by Crippen LogP contribution is 2.34. The van der Waals surface area contributed by atoms with Crippen LogP contribution in [0, 0.1) is 16.0 Å². The highest BCUT2D eigenvalue weighted by atomic mass is 16.6. The van der Waals surface area contributed by atoms with Crippen LogP contribution in [0.5, 0.6) is 5.75 Å². The standard InChI is InChI=1S/C10H12NO4/c1-7(6-12)8-4-3-5-9(11(13)14)10(8)15-2/h3-5,12H,6H2,1-2H3. The summed E-state index contributed by atoms with van der Waals surface area (Å²) in [7, 11) is 1.37. The molecule has 5 heteroatoms. The molecular formula is C10H12NO4. The molecule has 1 N–H and O–H groups in total. The lowest BCUT2D eigenvalue weighted by Gasteiger charge is -2.12. The number of rotatable bonds is 4. The Morgan fingerprint density at radius 1 is 1.60 bits per heavy atom. The molecule has 0 aromatic heterocycles. The molecule has 0 heterocycles. The first-order chi connectivity index (χ1) is 7.11. The van der Waals surface area contributed by atoms with E-state index in [2.05, 4.69) is 0 Å². The Morgan fingerprint density at radius 2 is 2.27 bits per heavy atom. The van der Waals surface area contributed by atoms with Gasteiger partial charge in [0.05, 0.1) is 18.6 Å². The lowest BCUT2D eigenvalue weighted by atomic mass is 10.0. The number of aliphatic hydroxyl groups excluding tert-OH is 1. The average Bonchev–Trinajstić information content (AvgIpc) is 2.26. The number of aliphatic hydroxyl groups is 1. The van der Waals surface area contributed by atoms with Crippen molar-refractivity contribution in [3.05, 3.63) is 39.8 Å². The number of nitro groups is 1. The molecule has 1 aromatic rings. The van der Waals surface area contributed by atoms with Crippen molar-refractivity contribution in [1.29, 1.82) is 0 Å².